The molecule has 21 heavy (non-hydrogen) atoms. The highest BCUT2D eigenvalue weighted by molar-refractivity contribution is 7.99. The van der Waals surface area contributed by atoms with Crippen LogP contribution < -0.4 is 5.56 Å². The van der Waals surface area contributed by atoms with Crippen molar-refractivity contribution in [2.45, 2.75) is 9.79 Å². The second-order valence-electron chi connectivity index (χ2n) is 4.45. The molecular weight excluding hydrogens is 286 g/mol. The Morgan fingerprint density at radius 2 is 1.71 bits per heavy atom. The van der Waals surface area contributed by atoms with Crippen LogP contribution in [0.2, 0.25) is 0 Å². The van der Waals surface area contributed by atoms with E-state index in [2.05, 4.69) is 4.98 Å². The Morgan fingerprint density at radius 3 is 2.52 bits per heavy atom. The Hall–Kier alpha value is -2.53. The fourth-order valence-electron chi connectivity index (χ4n) is 2.11. The summed E-state index contributed by atoms with van der Waals surface area (Å²) in [6.45, 7) is 0. The highest BCUT2D eigenvalue weighted by Crippen LogP contribution is 2.33. The van der Waals surface area contributed by atoms with E-state index in [1.54, 1.807) is 24.3 Å². The first-order valence-corrected chi connectivity index (χ1v) is 7.09. The zero-order valence-electron chi connectivity index (χ0n) is 10.9. The maximum Gasteiger partial charge on any atom is 0.336 e. The van der Waals surface area contributed by atoms with Crippen molar-refractivity contribution in [1.82, 2.24) is 4.98 Å². The van der Waals surface area contributed by atoms with Gasteiger partial charge >= 0.3 is 5.97 Å². The van der Waals surface area contributed by atoms with Crippen molar-refractivity contribution >= 4 is 28.6 Å². The van der Waals surface area contributed by atoms with Crippen LogP contribution in [-0.2, 0) is 0 Å². The molecule has 0 saturated heterocycles. The standard InChI is InChI=1S/C16H11NO3S/c18-15-9-14(10-5-1-3-7-12(10)17-15)21-13-8-4-2-6-11(13)16(19)20/h1-9H,(H,17,18)(H,19,20). The minimum absolute atomic E-state index is 0.205. The Morgan fingerprint density at radius 1 is 1.00 bits per heavy atom. The fourth-order valence-corrected chi connectivity index (χ4v) is 3.21. The minimum atomic E-state index is -0.979. The summed E-state index contributed by atoms with van der Waals surface area (Å²) in [7, 11) is 0. The lowest BCUT2D eigenvalue weighted by atomic mass is 10.2. The second-order valence-corrected chi connectivity index (χ2v) is 5.53. The molecule has 3 aromatic rings. The molecule has 0 aliphatic rings. The number of carbonyl (C=O) groups is 1. The van der Waals surface area contributed by atoms with E-state index in [1.165, 1.54) is 17.8 Å². The largest absolute Gasteiger partial charge is 0.478 e. The summed E-state index contributed by atoms with van der Waals surface area (Å²) in [6, 6.07) is 15.7. The first-order valence-electron chi connectivity index (χ1n) is 6.27. The first-order chi connectivity index (χ1) is 10.1. The molecule has 0 aliphatic carbocycles. The van der Waals surface area contributed by atoms with Crippen molar-refractivity contribution in [3.05, 3.63) is 70.5 Å². The number of fused-ring (bicyclic) bond motifs is 1. The molecule has 0 bridgehead atoms. The summed E-state index contributed by atoms with van der Waals surface area (Å²) >= 11 is 1.29. The SMILES string of the molecule is O=C(O)c1ccccc1Sc1cc(=O)[nH]c2ccccc12. The summed E-state index contributed by atoms with van der Waals surface area (Å²) in [6.07, 6.45) is 0. The van der Waals surface area contributed by atoms with Gasteiger partial charge in [0.2, 0.25) is 5.56 Å². The van der Waals surface area contributed by atoms with Gasteiger partial charge in [0.05, 0.1) is 5.56 Å². The number of aromatic carboxylic acids is 1. The van der Waals surface area contributed by atoms with Gasteiger partial charge < -0.3 is 10.1 Å². The molecule has 2 aromatic carbocycles. The van der Waals surface area contributed by atoms with Crippen LogP contribution in [0.15, 0.2) is 69.2 Å². The van der Waals surface area contributed by atoms with Gasteiger partial charge in [-0.15, -0.1) is 0 Å². The second kappa shape index (κ2) is 5.46. The average Bonchev–Trinajstić information content (AvgIpc) is 2.47. The highest BCUT2D eigenvalue weighted by Gasteiger charge is 2.12. The summed E-state index contributed by atoms with van der Waals surface area (Å²) in [4.78, 5) is 27.1. The third-order valence-corrected chi connectivity index (χ3v) is 4.18. The fraction of sp³-hybridized carbons (Fsp3) is 0. The van der Waals surface area contributed by atoms with Gasteiger partial charge in [-0.2, -0.15) is 0 Å². The molecule has 0 unspecified atom stereocenters. The van der Waals surface area contributed by atoms with Crippen LogP contribution in [0.5, 0.6) is 0 Å². The number of carboxylic acids is 1. The topological polar surface area (TPSA) is 70.2 Å². The van der Waals surface area contributed by atoms with Crippen LogP contribution in [0, 0.1) is 0 Å². The molecule has 2 N–H and O–H groups in total. The molecule has 0 amide bonds. The van der Waals surface area contributed by atoms with Gasteiger partial charge in [-0.3, -0.25) is 4.79 Å². The molecule has 4 nitrogen and oxygen atoms in total. The third kappa shape index (κ3) is 2.68. The van der Waals surface area contributed by atoms with Gasteiger partial charge in [0.25, 0.3) is 0 Å². The zero-order chi connectivity index (χ0) is 14.8. The van der Waals surface area contributed by atoms with Gasteiger partial charge in [0, 0.05) is 26.8 Å². The van der Waals surface area contributed by atoms with Crippen molar-refractivity contribution in [3.8, 4) is 0 Å². The number of rotatable bonds is 3. The zero-order valence-corrected chi connectivity index (χ0v) is 11.7. The number of para-hydroxylation sites is 1. The van der Waals surface area contributed by atoms with Gasteiger partial charge in [0.1, 0.15) is 0 Å². The van der Waals surface area contributed by atoms with E-state index in [4.69, 9.17) is 0 Å². The van der Waals surface area contributed by atoms with Crippen LogP contribution in [0.25, 0.3) is 10.9 Å². The van der Waals surface area contributed by atoms with E-state index < -0.39 is 5.97 Å². The first kappa shape index (κ1) is 13.5. The van der Waals surface area contributed by atoms with Crippen LogP contribution in [0.3, 0.4) is 0 Å². The smallest absolute Gasteiger partial charge is 0.336 e. The van der Waals surface area contributed by atoms with E-state index in [0.717, 1.165) is 15.8 Å². The number of aromatic nitrogens is 1. The van der Waals surface area contributed by atoms with Crippen molar-refractivity contribution in [2.75, 3.05) is 0 Å². The Bertz CT molecular complexity index is 886. The number of H-pyrrole nitrogens is 1. The maximum absolute atomic E-state index is 11.7. The molecule has 0 saturated carbocycles. The Kier molecular flexibility index (Phi) is 3.50. The van der Waals surface area contributed by atoms with Gasteiger partial charge in [-0.05, 0) is 18.2 Å². The predicted molar refractivity (Wildman–Crippen MR) is 82.1 cm³/mol. The van der Waals surface area contributed by atoms with Crippen LogP contribution in [-0.4, -0.2) is 16.1 Å². The van der Waals surface area contributed by atoms with Gasteiger partial charge in [0.15, 0.2) is 0 Å². The molecule has 5 heteroatoms. The quantitative estimate of drug-likeness (QED) is 0.777. The molecular formula is C16H11NO3S. The molecule has 104 valence electrons. The predicted octanol–water partition coefficient (Wildman–Crippen LogP) is 3.38. The van der Waals surface area contributed by atoms with Crippen molar-refractivity contribution in [3.63, 3.8) is 0 Å². The van der Waals surface area contributed by atoms with E-state index in [9.17, 15) is 14.7 Å². The van der Waals surface area contributed by atoms with Crippen LogP contribution >= 0.6 is 11.8 Å². The Balaban J connectivity index is 2.15. The minimum Gasteiger partial charge on any atom is -0.478 e. The maximum atomic E-state index is 11.7. The van der Waals surface area contributed by atoms with Gasteiger partial charge in [-0.1, -0.05) is 42.1 Å². The van der Waals surface area contributed by atoms with Crippen molar-refractivity contribution in [2.24, 2.45) is 0 Å². The number of carboxylic acid groups (broad SMARTS) is 1. The lowest BCUT2D eigenvalue weighted by molar-refractivity contribution is 0.0693. The third-order valence-electron chi connectivity index (χ3n) is 3.05. The number of aromatic amines is 1. The van der Waals surface area contributed by atoms with Crippen molar-refractivity contribution in [1.29, 1.82) is 0 Å². The molecule has 0 fully saturated rings. The Labute approximate surface area is 124 Å². The molecule has 0 spiro atoms. The van der Waals surface area contributed by atoms with Crippen molar-refractivity contribution < 1.29 is 9.90 Å². The van der Waals surface area contributed by atoms with E-state index in [-0.39, 0.29) is 11.1 Å². The van der Waals surface area contributed by atoms with Crippen LogP contribution in [0.4, 0.5) is 0 Å². The average molecular weight is 297 g/mol. The summed E-state index contributed by atoms with van der Waals surface area (Å²) in [5.41, 5.74) is 0.760. The number of pyridine rings is 1. The lowest BCUT2D eigenvalue weighted by Crippen LogP contribution is -2.04. The summed E-state index contributed by atoms with van der Waals surface area (Å²) < 4.78 is 0. The molecule has 0 aliphatic heterocycles. The monoisotopic (exact) mass is 297 g/mol. The van der Waals surface area contributed by atoms with E-state index in [0.29, 0.717) is 4.90 Å². The lowest BCUT2D eigenvalue weighted by Gasteiger charge is -2.08. The summed E-state index contributed by atoms with van der Waals surface area (Å²) in [5, 5.41) is 10.1. The van der Waals surface area contributed by atoms with E-state index >= 15 is 0 Å². The summed E-state index contributed by atoms with van der Waals surface area (Å²) in [5.74, 6) is -0.979. The molecule has 3 rings (SSSR count). The van der Waals surface area contributed by atoms with Gasteiger partial charge in [-0.25, -0.2) is 4.79 Å². The number of benzene rings is 2. The number of nitrogens with one attached hydrogen (secondary N) is 1. The molecule has 0 radical (unpaired) electrons. The molecule has 1 heterocycles. The normalized spacial score (nSPS) is 10.7. The number of hydrogen-bond acceptors (Lipinski definition) is 3. The molecule has 0 atom stereocenters. The van der Waals surface area contributed by atoms with E-state index in [1.807, 2.05) is 24.3 Å². The van der Waals surface area contributed by atoms with Crippen LogP contribution in [0.1, 0.15) is 10.4 Å². The molecule has 1 aromatic heterocycles. The highest BCUT2D eigenvalue weighted by atomic mass is 32.2. The number of hydrogen-bond donors (Lipinski definition) is 2.